The van der Waals surface area contributed by atoms with E-state index in [1.165, 1.54) is 19.3 Å². The number of carbonyl (C=O) groups is 1. The summed E-state index contributed by atoms with van der Waals surface area (Å²) in [4.78, 5) is 14.2. The number of anilines is 2. The molecule has 110 valence electrons. The number of hydrogen-bond donors (Lipinski definition) is 2. The van der Waals surface area contributed by atoms with E-state index in [2.05, 4.69) is 17.1 Å². The van der Waals surface area contributed by atoms with Gasteiger partial charge >= 0.3 is 0 Å². The molecule has 2 rings (SSSR count). The molecule has 1 aromatic rings. The van der Waals surface area contributed by atoms with Crippen molar-refractivity contribution < 1.29 is 4.79 Å². The van der Waals surface area contributed by atoms with Crippen molar-refractivity contribution in [1.29, 1.82) is 0 Å². The topological polar surface area (TPSA) is 58.4 Å². The molecule has 0 atom stereocenters. The Bertz CT molecular complexity index is 470. The Morgan fingerprint density at radius 3 is 2.75 bits per heavy atom. The molecule has 0 saturated carbocycles. The second-order valence-corrected chi connectivity index (χ2v) is 5.82. The molecule has 1 saturated heterocycles. The Kier molecular flexibility index (Phi) is 5.26. The maximum absolute atomic E-state index is 12.0. The molecule has 1 aliphatic rings. The molecule has 0 spiro atoms. The van der Waals surface area contributed by atoms with Crippen LogP contribution in [0, 0.1) is 5.92 Å². The van der Waals surface area contributed by atoms with E-state index < -0.39 is 0 Å². The van der Waals surface area contributed by atoms with E-state index in [1.807, 2.05) is 0 Å². The van der Waals surface area contributed by atoms with Crippen LogP contribution in [0.4, 0.5) is 11.4 Å². The monoisotopic (exact) mass is 295 g/mol. The number of likely N-dealkylation sites (tertiary alicyclic amines) is 1. The van der Waals surface area contributed by atoms with Gasteiger partial charge in [-0.2, -0.15) is 0 Å². The Hall–Kier alpha value is -1.26. The molecular formula is C15H22ClN3O. The van der Waals surface area contributed by atoms with Crippen molar-refractivity contribution in [3.63, 3.8) is 0 Å². The molecule has 1 heterocycles. The van der Waals surface area contributed by atoms with Crippen LogP contribution in [-0.2, 0) is 4.79 Å². The molecule has 1 amide bonds. The molecule has 5 heteroatoms. The highest BCUT2D eigenvalue weighted by Crippen LogP contribution is 2.24. The lowest BCUT2D eigenvalue weighted by molar-refractivity contribution is -0.117. The number of amides is 1. The van der Waals surface area contributed by atoms with Gasteiger partial charge in [-0.1, -0.05) is 24.9 Å². The first-order chi connectivity index (χ1) is 9.58. The summed E-state index contributed by atoms with van der Waals surface area (Å²) in [5, 5.41) is 3.32. The van der Waals surface area contributed by atoms with Crippen LogP contribution in [0.15, 0.2) is 18.2 Å². The molecule has 4 nitrogen and oxygen atoms in total. The zero-order chi connectivity index (χ0) is 14.5. The van der Waals surface area contributed by atoms with E-state index in [4.69, 9.17) is 17.3 Å². The van der Waals surface area contributed by atoms with Gasteiger partial charge in [-0.3, -0.25) is 9.69 Å². The summed E-state index contributed by atoms with van der Waals surface area (Å²) in [5.74, 6) is 0.799. The molecule has 1 fully saturated rings. The number of benzene rings is 1. The first-order valence-electron chi connectivity index (χ1n) is 7.15. The zero-order valence-electron chi connectivity index (χ0n) is 11.9. The number of carbonyl (C=O) groups excluding carboxylic acids is 1. The number of rotatable bonds is 4. The van der Waals surface area contributed by atoms with Gasteiger partial charge in [0.25, 0.3) is 0 Å². The minimum absolute atomic E-state index is 0.0216. The summed E-state index contributed by atoms with van der Waals surface area (Å²) in [6, 6.07) is 5.11. The Morgan fingerprint density at radius 2 is 2.15 bits per heavy atom. The fourth-order valence-electron chi connectivity index (χ4n) is 2.58. The zero-order valence-corrected chi connectivity index (χ0v) is 12.6. The van der Waals surface area contributed by atoms with Crippen molar-refractivity contribution >= 4 is 28.9 Å². The largest absolute Gasteiger partial charge is 0.399 e. The van der Waals surface area contributed by atoms with Crippen molar-refractivity contribution in [1.82, 2.24) is 4.90 Å². The number of halogens is 1. The summed E-state index contributed by atoms with van der Waals surface area (Å²) in [5.41, 5.74) is 6.84. The van der Waals surface area contributed by atoms with Crippen LogP contribution < -0.4 is 11.1 Å². The van der Waals surface area contributed by atoms with E-state index in [0.29, 0.717) is 22.9 Å². The first-order valence-corrected chi connectivity index (χ1v) is 7.53. The molecule has 0 aliphatic carbocycles. The SMILES string of the molecule is CCC1CCN(CC(=O)Nc2ccc(N)cc2Cl)CC1. The molecule has 0 radical (unpaired) electrons. The average molecular weight is 296 g/mol. The molecule has 0 aromatic heterocycles. The van der Waals surface area contributed by atoms with Gasteiger partial charge in [-0.25, -0.2) is 0 Å². The van der Waals surface area contributed by atoms with E-state index in [-0.39, 0.29) is 5.91 Å². The van der Waals surface area contributed by atoms with E-state index in [9.17, 15) is 4.79 Å². The van der Waals surface area contributed by atoms with Gasteiger partial charge in [0, 0.05) is 5.69 Å². The standard InChI is InChI=1S/C15H22ClN3O/c1-2-11-5-7-19(8-6-11)10-15(20)18-14-4-3-12(17)9-13(14)16/h3-4,9,11H,2,5-8,10,17H2,1H3,(H,18,20). The lowest BCUT2D eigenvalue weighted by Crippen LogP contribution is -2.39. The van der Waals surface area contributed by atoms with Gasteiger partial charge in [0.2, 0.25) is 5.91 Å². The second-order valence-electron chi connectivity index (χ2n) is 5.42. The Labute approximate surface area is 125 Å². The molecule has 3 N–H and O–H groups in total. The van der Waals surface area contributed by atoms with Gasteiger partial charge in [-0.05, 0) is 50.0 Å². The summed E-state index contributed by atoms with van der Waals surface area (Å²) >= 11 is 6.05. The van der Waals surface area contributed by atoms with Crippen LogP contribution in [-0.4, -0.2) is 30.4 Å². The van der Waals surface area contributed by atoms with Gasteiger partial charge in [0.05, 0.1) is 17.3 Å². The van der Waals surface area contributed by atoms with Crippen molar-refractivity contribution in [2.75, 3.05) is 30.7 Å². The minimum Gasteiger partial charge on any atom is -0.399 e. The van der Waals surface area contributed by atoms with Crippen LogP contribution in [0.3, 0.4) is 0 Å². The minimum atomic E-state index is -0.0216. The smallest absolute Gasteiger partial charge is 0.238 e. The second kappa shape index (κ2) is 6.95. The van der Waals surface area contributed by atoms with E-state index >= 15 is 0 Å². The van der Waals surface area contributed by atoms with Crippen LogP contribution in [0.2, 0.25) is 5.02 Å². The maximum Gasteiger partial charge on any atom is 0.238 e. The fourth-order valence-corrected chi connectivity index (χ4v) is 2.81. The molecule has 20 heavy (non-hydrogen) atoms. The molecular weight excluding hydrogens is 274 g/mol. The van der Waals surface area contributed by atoms with Crippen molar-refractivity contribution in [2.24, 2.45) is 5.92 Å². The van der Waals surface area contributed by atoms with Crippen molar-refractivity contribution in [2.45, 2.75) is 26.2 Å². The van der Waals surface area contributed by atoms with Crippen LogP contribution in [0.25, 0.3) is 0 Å². The number of piperidine rings is 1. The number of nitrogens with two attached hydrogens (primary N) is 1. The number of nitrogen functional groups attached to an aromatic ring is 1. The summed E-state index contributed by atoms with van der Waals surface area (Å²) in [7, 11) is 0. The average Bonchev–Trinajstić information content (AvgIpc) is 2.43. The Morgan fingerprint density at radius 1 is 1.45 bits per heavy atom. The fraction of sp³-hybridized carbons (Fsp3) is 0.533. The van der Waals surface area contributed by atoms with Gasteiger partial charge in [0.1, 0.15) is 0 Å². The molecule has 0 bridgehead atoms. The van der Waals surface area contributed by atoms with Gasteiger partial charge in [-0.15, -0.1) is 0 Å². The van der Waals surface area contributed by atoms with Crippen molar-refractivity contribution in [3.8, 4) is 0 Å². The third-order valence-corrected chi connectivity index (χ3v) is 4.23. The van der Waals surface area contributed by atoms with Crippen LogP contribution in [0.5, 0.6) is 0 Å². The van der Waals surface area contributed by atoms with Crippen molar-refractivity contribution in [3.05, 3.63) is 23.2 Å². The van der Waals surface area contributed by atoms with E-state index in [0.717, 1.165) is 19.0 Å². The predicted octanol–water partition coefficient (Wildman–Crippen LogP) is 2.98. The summed E-state index contributed by atoms with van der Waals surface area (Å²) in [6.45, 7) is 4.66. The lowest BCUT2D eigenvalue weighted by Gasteiger charge is -2.30. The van der Waals surface area contributed by atoms with Gasteiger partial charge in [0.15, 0.2) is 0 Å². The Balaban J connectivity index is 1.84. The third-order valence-electron chi connectivity index (χ3n) is 3.92. The molecule has 1 aliphatic heterocycles. The summed E-state index contributed by atoms with van der Waals surface area (Å²) < 4.78 is 0. The number of nitrogens with one attached hydrogen (secondary N) is 1. The maximum atomic E-state index is 12.0. The quantitative estimate of drug-likeness (QED) is 0.840. The third kappa shape index (κ3) is 4.12. The normalized spacial score (nSPS) is 17.1. The summed E-state index contributed by atoms with van der Waals surface area (Å²) in [6.07, 6.45) is 3.61. The van der Waals surface area contributed by atoms with Crippen LogP contribution >= 0.6 is 11.6 Å². The lowest BCUT2D eigenvalue weighted by atomic mass is 9.94. The highest BCUT2D eigenvalue weighted by molar-refractivity contribution is 6.34. The molecule has 1 aromatic carbocycles. The molecule has 0 unspecified atom stereocenters. The highest BCUT2D eigenvalue weighted by atomic mass is 35.5. The van der Waals surface area contributed by atoms with Gasteiger partial charge < -0.3 is 11.1 Å². The first kappa shape index (κ1) is 15.1. The number of nitrogens with zero attached hydrogens (tertiary/aromatic N) is 1. The predicted molar refractivity (Wildman–Crippen MR) is 83.9 cm³/mol. The van der Waals surface area contributed by atoms with E-state index in [1.54, 1.807) is 18.2 Å². The van der Waals surface area contributed by atoms with Crippen LogP contribution in [0.1, 0.15) is 26.2 Å². The highest BCUT2D eigenvalue weighted by Gasteiger charge is 2.19. The number of hydrogen-bond acceptors (Lipinski definition) is 3.